The Morgan fingerprint density at radius 1 is 1.53 bits per heavy atom. The van der Waals surface area contributed by atoms with Crippen molar-refractivity contribution < 1.29 is 9.90 Å². The Morgan fingerprint density at radius 3 is 2.65 bits per heavy atom. The summed E-state index contributed by atoms with van der Waals surface area (Å²) >= 11 is 3.48. The Kier molecular flexibility index (Phi) is 5.15. The van der Waals surface area contributed by atoms with Crippen LogP contribution in [0.25, 0.3) is 0 Å². The van der Waals surface area contributed by atoms with Gasteiger partial charge in [-0.2, -0.15) is 0 Å². The Bertz CT molecular complexity index is 416. The van der Waals surface area contributed by atoms with Crippen LogP contribution >= 0.6 is 15.9 Å². The molecule has 0 aromatic heterocycles. The molecule has 0 heterocycles. The van der Waals surface area contributed by atoms with Gasteiger partial charge in [-0.25, -0.2) is 0 Å². The normalized spacial score (nSPS) is 12.3. The van der Waals surface area contributed by atoms with E-state index in [0.717, 1.165) is 27.7 Å². The van der Waals surface area contributed by atoms with Crippen LogP contribution in [0.5, 0.6) is 0 Å². The molecular weight excluding hydrogens is 282 g/mol. The monoisotopic (exact) mass is 299 g/mol. The second kappa shape index (κ2) is 6.17. The molecule has 17 heavy (non-hydrogen) atoms. The number of hydrogen-bond donors (Lipinski definition) is 2. The van der Waals surface area contributed by atoms with Gasteiger partial charge in [-0.05, 0) is 38.0 Å². The van der Waals surface area contributed by atoms with E-state index in [1.165, 1.54) is 0 Å². The van der Waals surface area contributed by atoms with Gasteiger partial charge in [-0.3, -0.25) is 4.79 Å². The molecule has 94 valence electrons. The van der Waals surface area contributed by atoms with Gasteiger partial charge in [0.2, 0.25) is 0 Å². The van der Waals surface area contributed by atoms with Crippen molar-refractivity contribution in [3.8, 4) is 0 Å². The van der Waals surface area contributed by atoms with Gasteiger partial charge in [-0.15, -0.1) is 0 Å². The second-order valence-electron chi connectivity index (χ2n) is 4.12. The van der Waals surface area contributed by atoms with E-state index in [0.29, 0.717) is 6.54 Å². The molecule has 0 aliphatic heterocycles. The van der Waals surface area contributed by atoms with E-state index in [4.69, 9.17) is 0 Å². The Morgan fingerprint density at radius 2 is 2.18 bits per heavy atom. The quantitative estimate of drug-likeness (QED) is 0.822. The summed E-state index contributed by atoms with van der Waals surface area (Å²) in [6.45, 7) is 5.78. The Labute approximate surface area is 110 Å². The number of aliphatic hydroxyl groups is 1. The fraction of sp³-hybridized carbons (Fsp3) is 0.462. The predicted molar refractivity (Wildman–Crippen MR) is 73.7 cm³/mol. The number of aliphatic hydroxyl groups excluding tert-OH is 1. The minimum Gasteiger partial charge on any atom is -0.392 e. The number of carbonyl (C=O) groups is 1. The van der Waals surface area contributed by atoms with E-state index in [-0.39, 0.29) is 5.78 Å². The van der Waals surface area contributed by atoms with E-state index in [1.807, 2.05) is 19.1 Å². The number of Topliss-reactive ketones (excluding diaryl/α,β-unsaturated/α-hetero) is 1. The van der Waals surface area contributed by atoms with E-state index in [2.05, 4.69) is 21.2 Å². The first-order valence-corrected chi connectivity index (χ1v) is 6.50. The molecule has 1 atom stereocenters. The van der Waals surface area contributed by atoms with Crippen LogP contribution in [0.3, 0.4) is 0 Å². The van der Waals surface area contributed by atoms with Gasteiger partial charge in [0.05, 0.1) is 6.10 Å². The molecule has 1 unspecified atom stereocenters. The Hall–Kier alpha value is -0.870. The fourth-order valence-electron chi connectivity index (χ4n) is 1.68. The van der Waals surface area contributed by atoms with Crippen LogP contribution in [0.4, 0.5) is 5.69 Å². The molecule has 0 aliphatic carbocycles. The van der Waals surface area contributed by atoms with Gasteiger partial charge in [0.15, 0.2) is 5.78 Å². The minimum atomic E-state index is -0.416. The number of anilines is 1. The molecule has 1 aromatic rings. The molecule has 1 aromatic carbocycles. The molecule has 3 nitrogen and oxygen atoms in total. The molecule has 0 bridgehead atoms. The van der Waals surface area contributed by atoms with Crippen molar-refractivity contribution in [2.45, 2.75) is 33.3 Å². The second-order valence-corrected chi connectivity index (χ2v) is 4.98. The number of rotatable bonds is 5. The lowest BCUT2D eigenvalue weighted by molar-refractivity contribution is 0.101. The SMILES string of the molecule is CCc1c(Br)cc(NCC(C)O)cc1C(C)=O. The van der Waals surface area contributed by atoms with Gasteiger partial charge < -0.3 is 10.4 Å². The number of halogens is 1. The lowest BCUT2D eigenvalue weighted by Gasteiger charge is -2.13. The summed E-state index contributed by atoms with van der Waals surface area (Å²) in [4.78, 5) is 11.6. The molecule has 0 radical (unpaired) electrons. The van der Waals surface area contributed by atoms with Gasteiger partial charge >= 0.3 is 0 Å². The maximum Gasteiger partial charge on any atom is 0.160 e. The zero-order valence-corrected chi connectivity index (χ0v) is 12.0. The molecule has 0 saturated carbocycles. The molecule has 0 amide bonds. The van der Waals surface area contributed by atoms with Gasteiger partial charge in [0.1, 0.15) is 0 Å². The average Bonchev–Trinajstić information content (AvgIpc) is 2.25. The average molecular weight is 300 g/mol. The Balaban J connectivity index is 3.06. The van der Waals surface area contributed by atoms with Crippen molar-refractivity contribution in [1.29, 1.82) is 0 Å². The molecule has 0 saturated heterocycles. The van der Waals surface area contributed by atoms with Crippen LogP contribution in [-0.4, -0.2) is 23.5 Å². The summed E-state index contributed by atoms with van der Waals surface area (Å²) < 4.78 is 0.931. The minimum absolute atomic E-state index is 0.0586. The standard InChI is InChI=1S/C13H18BrNO2/c1-4-11-12(9(3)17)5-10(6-13(11)14)15-7-8(2)16/h5-6,8,15-16H,4,7H2,1-3H3. The fourth-order valence-corrected chi connectivity index (χ4v) is 2.42. The van der Waals surface area contributed by atoms with Crippen molar-refractivity contribution in [3.63, 3.8) is 0 Å². The lowest BCUT2D eigenvalue weighted by Crippen LogP contribution is -2.15. The third-order valence-corrected chi connectivity index (χ3v) is 3.24. The summed E-state index contributed by atoms with van der Waals surface area (Å²) in [7, 11) is 0. The maximum atomic E-state index is 11.6. The summed E-state index contributed by atoms with van der Waals surface area (Å²) in [5.74, 6) is 0.0586. The van der Waals surface area contributed by atoms with Crippen LogP contribution in [-0.2, 0) is 6.42 Å². The van der Waals surface area contributed by atoms with E-state index in [1.54, 1.807) is 13.8 Å². The van der Waals surface area contributed by atoms with Crippen molar-refractivity contribution in [2.75, 3.05) is 11.9 Å². The van der Waals surface area contributed by atoms with E-state index < -0.39 is 6.10 Å². The number of benzene rings is 1. The molecule has 0 fully saturated rings. The van der Waals surface area contributed by atoms with Crippen LogP contribution in [0.1, 0.15) is 36.7 Å². The molecule has 2 N–H and O–H groups in total. The van der Waals surface area contributed by atoms with E-state index in [9.17, 15) is 9.90 Å². The first kappa shape index (κ1) is 14.2. The maximum absolute atomic E-state index is 11.6. The van der Waals surface area contributed by atoms with Crippen LogP contribution in [0, 0.1) is 0 Å². The number of carbonyl (C=O) groups excluding carboxylic acids is 1. The van der Waals surface area contributed by atoms with Gasteiger partial charge in [0.25, 0.3) is 0 Å². The number of ketones is 1. The van der Waals surface area contributed by atoms with E-state index >= 15 is 0 Å². The lowest BCUT2D eigenvalue weighted by atomic mass is 10.0. The van der Waals surface area contributed by atoms with Crippen molar-refractivity contribution in [1.82, 2.24) is 0 Å². The van der Waals surface area contributed by atoms with Gasteiger partial charge in [-0.1, -0.05) is 22.9 Å². The molecule has 0 aliphatic rings. The van der Waals surface area contributed by atoms with Crippen LogP contribution < -0.4 is 5.32 Å². The number of nitrogens with one attached hydrogen (secondary N) is 1. The summed E-state index contributed by atoms with van der Waals surface area (Å²) in [6.07, 6.45) is 0.395. The highest BCUT2D eigenvalue weighted by molar-refractivity contribution is 9.10. The third-order valence-electron chi connectivity index (χ3n) is 2.53. The van der Waals surface area contributed by atoms with Crippen LogP contribution in [0.2, 0.25) is 0 Å². The first-order chi connectivity index (χ1) is 7.95. The summed E-state index contributed by atoms with van der Waals surface area (Å²) in [5.41, 5.74) is 2.61. The zero-order valence-electron chi connectivity index (χ0n) is 10.4. The summed E-state index contributed by atoms with van der Waals surface area (Å²) in [5, 5.41) is 12.3. The number of hydrogen-bond acceptors (Lipinski definition) is 3. The van der Waals surface area contributed by atoms with Crippen LogP contribution in [0.15, 0.2) is 16.6 Å². The zero-order chi connectivity index (χ0) is 13.0. The highest BCUT2D eigenvalue weighted by atomic mass is 79.9. The highest BCUT2D eigenvalue weighted by Gasteiger charge is 2.11. The smallest absolute Gasteiger partial charge is 0.160 e. The highest BCUT2D eigenvalue weighted by Crippen LogP contribution is 2.26. The topological polar surface area (TPSA) is 49.3 Å². The van der Waals surface area contributed by atoms with Gasteiger partial charge in [0, 0.05) is 22.3 Å². The van der Waals surface area contributed by atoms with Crippen molar-refractivity contribution in [3.05, 3.63) is 27.7 Å². The molecule has 1 rings (SSSR count). The largest absolute Gasteiger partial charge is 0.392 e. The molecular formula is C13H18BrNO2. The van der Waals surface area contributed by atoms with Crippen molar-refractivity contribution >= 4 is 27.4 Å². The first-order valence-electron chi connectivity index (χ1n) is 5.71. The summed E-state index contributed by atoms with van der Waals surface area (Å²) in [6, 6.07) is 3.78. The molecule has 0 spiro atoms. The predicted octanol–water partition coefficient (Wildman–Crippen LogP) is 3.01. The third kappa shape index (κ3) is 3.82. The molecule has 4 heteroatoms. The van der Waals surface area contributed by atoms with Crippen molar-refractivity contribution in [2.24, 2.45) is 0 Å².